The van der Waals surface area contributed by atoms with Crippen LogP contribution in [0, 0.1) is 12.3 Å². The minimum atomic E-state index is -0.0889. The molecule has 0 saturated carbocycles. The zero-order valence-corrected chi connectivity index (χ0v) is 12.6. The van der Waals surface area contributed by atoms with Crippen molar-refractivity contribution in [3.05, 3.63) is 29.3 Å². The van der Waals surface area contributed by atoms with Crippen molar-refractivity contribution >= 4 is 5.78 Å². The first-order valence-corrected chi connectivity index (χ1v) is 6.66. The van der Waals surface area contributed by atoms with Gasteiger partial charge in [-0.2, -0.15) is 0 Å². The Balaban J connectivity index is 2.73. The highest BCUT2D eigenvalue weighted by Crippen LogP contribution is 2.23. The Morgan fingerprint density at radius 3 is 2.47 bits per heavy atom. The third-order valence-electron chi connectivity index (χ3n) is 3.06. The Labute approximate surface area is 116 Å². The molecule has 3 nitrogen and oxygen atoms in total. The molecular formula is C16H25NO2. The number of benzene rings is 1. The number of ether oxygens (including phenoxy) is 1. The first kappa shape index (κ1) is 15.7. The molecule has 0 radical (unpaired) electrons. The normalized spacial score (nSPS) is 13.2. The summed E-state index contributed by atoms with van der Waals surface area (Å²) < 4.78 is 5.14. The second kappa shape index (κ2) is 6.20. The predicted molar refractivity (Wildman–Crippen MR) is 78.7 cm³/mol. The van der Waals surface area contributed by atoms with E-state index in [0.717, 1.165) is 23.3 Å². The number of nitrogens with two attached hydrogens (primary N) is 1. The van der Waals surface area contributed by atoms with Crippen LogP contribution in [-0.4, -0.2) is 18.9 Å². The summed E-state index contributed by atoms with van der Waals surface area (Å²) in [5.41, 5.74) is 7.88. The lowest BCUT2D eigenvalue weighted by Gasteiger charge is -2.22. The summed E-state index contributed by atoms with van der Waals surface area (Å²) in [6.07, 6.45) is 1.23. The van der Waals surface area contributed by atoms with Crippen LogP contribution >= 0.6 is 0 Å². The molecule has 0 heterocycles. The molecule has 19 heavy (non-hydrogen) atoms. The number of aryl methyl sites for hydroxylation is 1. The quantitative estimate of drug-likeness (QED) is 0.829. The third-order valence-corrected chi connectivity index (χ3v) is 3.06. The number of hydrogen-bond donors (Lipinski definition) is 1. The summed E-state index contributed by atoms with van der Waals surface area (Å²) in [7, 11) is 1.62. The van der Waals surface area contributed by atoms with Gasteiger partial charge in [0.15, 0.2) is 5.78 Å². The Hall–Kier alpha value is -1.35. The van der Waals surface area contributed by atoms with Gasteiger partial charge in [0.2, 0.25) is 0 Å². The van der Waals surface area contributed by atoms with Gasteiger partial charge in [-0.25, -0.2) is 0 Å². The second-order valence-corrected chi connectivity index (χ2v) is 6.33. The number of rotatable bonds is 5. The molecule has 106 valence electrons. The van der Waals surface area contributed by atoms with Crippen LogP contribution < -0.4 is 10.5 Å². The van der Waals surface area contributed by atoms with E-state index < -0.39 is 0 Å². The molecule has 1 rings (SSSR count). The van der Waals surface area contributed by atoms with Gasteiger partial charge in [0.05, 0.1) is 7.11 Å². The van der Waals surface area contributed by atoms with E-state index in [1.54, 1.807) is 7.11 Å². The van der Waals surface area contributed by atoms with E-state index in [0.29, 0.717) is 6.42 Å². The second-order valence-electron chi connectivity index (χ2n) is 6.33. The fraction of sp³-hybridized carbons (Fsp3) is 0.562. The van der Waals surface area contributed by atoms with Crippen LogP contribution in [0.2, 0.25) is 0 Å². The van der Waals surface area contributed by atoms with E-state index in [2.05, 4.69) is 20.8 Å². The minimum Gasteiger partial charge on any atom is -0.497 e. The van der Waals surface area contributed by atoms with Crippen LogP contribution in [0.15, 0.2) is 18.2 Å². The van der Waals surface area contributed by atoms with E-state index in [1.807, 2.05) is 25.1 Å². The lowest BCUT2D eigenvalue weighted by Crippen LogP contribution is -2.29. The smallest absolute Gasteiger partial charge is 0.164 e. The Morgan fingerprint density at radius 2 is 2.00 bits per heavy atom. The fourth-order valence-electron chi connectivity index (χ4n) is 2.28. The summed E-state index contributed by atoms with van der Waals surface area (Å²) in [5, 5.41) is 0. The highest BCUT2D eigenvalue weighted by atomic mass is 16.5. The summed E-state index contributed by atoms with van der Waals surface area (Å²) in [6.45, 7) is 8.33. The van der Waals surface area contributed by atoms with Crippen LogP contribution in [0.25, 0.3) is 0 Å². The molecule has 1 unspecified atom stereocenters. The topological polar surface area (TPSA) is 52.3 Å². The molecule has 1 aromatic carbocycles. The van der Waals surface area contributed by atoms with Crippen molar-refractivity contribution < 1.29 is 9.53 Å². The van der Waals surface area contributed by atoms with Crippen LogP contribution in [0.4, 0.5) is 0 Å². The lowest BCUT2D eigenvalue weighted by atomic mass is 9.86. The van der Waals surface area contributed by atoms with Crippen LogP contribution in [0.3, 0.4) is 0 Å². The molecular weight excluding hydrogens is 238 g/mol. The summed E-state index contributed by atoms with van der Waals surface area (Å²) in [4.78, 5) is 12.2. The Morgan fingerprint density at radius 1 is 1.37 bits per heavy atom. The Bertz CT molecular complexity index is 447. The standard InChI is InChI=1S/C16H25NO2/c1-11-8-13(19-5)6-7-14(11)15(18)9-12(17)10-16(2,3)4/h6-8,12H,9-10,17H2,1-5H3. The Kier molecular flexibility index (Phi) is 5.12. The largest absolute Gasteiger partial charge is 0.497 e. The van der Waals surface area contributed by atoms with Gasteiger partial charge in [0.25, 0.3) is 0 Å². The number of carbonyl (C=O) groups is 1. The average molecular weight is 263 g/mol. The van der Waals surface area contributed by atoms with Crippen LogP contribution in [-0.2, 0) is 0 Å². The molecule has 0 spiro atoms. The molecule has 0 saturated heterocycles. The summed E-state index contributed by atoms with van der Waals surface area (Å²) in [6, 6.07) is 5.42. The van der Waals surface area contributed by atoms with E-state index in [4.69, 9.17) is 10.5 Å². The van der Waals surface area contributed by atoms with E-state index in [9.17, 15) is 4.79 Å². The summed E-state index contributed by atoms with van der Waals surface area (Å²) >= 11 is 0. The average Bonchev–Trinajstić information content (AvgIpc) is 2.25. The summed E-state index contributed by atoms with van der Waals surface area (Å²) in [5.74, 6) is 0.880. The van der Waals surface area contributed by atoms with E-state index in [1.165, 1.54) is 0 Å². The third kappa shape index (κ3) is 5.03. The predicted octanol–water partition coefficient (Wildman–Crippen LogP) is 3.34. The van der Waals surface area contributed by atoms with Crippen molar-refractivity contribution in [2.24, 2.45) is 11.1 Å². The van der Waals surface area contributed by atoms with Gasteiger partial charge in [-0.1, -0.05) is 20.8 Å². The van der Waals surface area contributed by atoms with Gasteiger partial charge in [-0.15, -0.1) is 0 Å². The zero-order chi connectivity index (χ0) is 14.6. The molecule has 0 fully saturated rings. The van der Waals surface area contributed by atoms with Gasteiger partial charge in [0, 0.05) is 18.0 Å². The number of ketones is 1. The molecule has 0 aromatic heterocycles. The zero-order valence-electron chi connectivity index (χ0n) is 12.6. The van der Waals surface area contributed by atoms with E-state index >= 15 is 0 Å². The highest BCUT2D eigenvalue weighted by Gasteiger charge is 2.19. The van der Waals surface area contributed by atoms with Crippen LogP contribution in [0.5, 0.6) is 5.75 Å². The molecule has 1 aromatic rings. The monoisotopic (exact) mass is 263 g/mol. The van der Waals surface area contributed by atoms with Crippen molar-refractivity contribution in [2.45, 2.75) is 46.6 Å². The fourth-order valence-corrected chi connectivity index (χ4v) is 2.28. The van der Waals surface area contributed by atoms with Crippen molar-refractivity contribution in [3.63, 3.8) is 0 Å². The molecule has 0 amide bonds. The van der Waals surface area contributed by atoms with E-state index in [-0.39, 0.29) is 17.2 Å². The maximum absolute atomic E-state index is 12.2. The SMILES string of the molecule is COc1ccc(C(=O)CC(N)CC(C)(C)C)c(C)c1. The maximum Gasteiger partial charge on any atom is 0.164 e. The molecule has 1 atom stereocenters. The van der Waals surface area contributed by atoms with Gasteiger partial charge >= 0.3 is 0 Å². The van der Waals surface area contributed by atoms with Crippen LogP contribution in [0.1, 0.15) is 49.5 Å². The van der Waals surface area contributed by atoms with Crippen molar-refractivity contribution in [2.75, 3.05) is 7.11 Å². The van der Waals surface area contributed by atoms with Gasteiger partial charge in [-0.05, 0) is 42.5 Å². The molecule has 2 N–H and O–H groups in total. The number of methoxy groups -OCH3 is 1. The van der Waals surface area contributed by atoms with Gasteiger partial charge < -0.3 is 10.5 Å². The molecule has 3 heteroatoms. The first-order valence-electron chi connectivity index (χ1n) is 6.66. The molecule has 0 aliphatic carbocycles. The first-order chi connectivity index (χ1) is 8.73. The maximum atomic E-state index is 12.2. The minimum absolute atomic E-state index is 0.0889. The molecule has 0 bridgehead atoms. The van der Waals surface area contributed by atoms with Gasteiger partial charge in [0.1, 0.15) is 5.75 Å². The van der Waals surface area contributed by atoms with Crippen molar-refractivity contribution in [3.8, 4) is 5.75 Å². The number of hydrogen-bond acceptors (Lipinski definition) is 3. The molecule has 0 aliphatic heterocycles. The molecule has 0 aliphatic rings. The lowest BCUT2D eigenvalue weighted by molar-refractivity contribution is 0.0967. The van der Waals surface area contributed by atoms with Crippen molar-refractivity contribution in [1.82, 2.24) is 0 Å². The highest BCUT2D eigenvalue weighted by molar-refractivity contribution is 5.97. The number of Topliss-reactive ketones (excluding diaryl/α,β-unsaturated/α-hetero) is 1. The number of carbonyl (C=O) groups excluding carboxylic acids is 1. The van der Waals surface area contributed by atoms with Gasteiger partial charge in [-0.3, -0.25) is 4.79 Å². The van der Waals surface area contributed by atoms with Crippen molar-refractivity contribution in [1.29, 1.82) is 0 Å².